The number of halogens is 1. The van der Waals surface area contributed by atoms with Crippen molar-refractivity contribution < 1.29 is 4.79 Å². The molecule has 1 aromatic heterocycles. The number of benzene rings is 1. The van der Waals surface area contributed by atoms with Crippen molar-refractivity contribution in [1.82, 2.24) is 9.97 Å². The molecular weight excluding hydrogens is 280 g/mol. The minimum absolute atomic E-state index is 0.00217. The summed E-state index contributed by atoms with van der Waals surface area (Å²) in [5.74, 6) is 0.744. The minimum Gasteiger partial charge on any atom is -0.341 e. The number of alkyl halides is 1. The fourth-order valence-corrected chi connectivity index (χ4v) is 1.99. The first-order valence-corrected chi connectivity index (χ1v) is 6.46. The van der Waals surface area contributed by atoms with Gasteiger partial charge in [0.05, 0.1) is 5.33 Å². The third-order valence-electron chi connectivity index (χ3n) is 2.56. The second kappa shape index (κ2) is 4.84. The molecule has 0 saturated carbocycles. The van der Waals surface area contributed by atoms with Gasteiger partial charge in [0.1, 0.15) is 11.5 Å². The molecule has 88 valence electrons. The molecule has 17 heavy (non-hydrogen) atoms. The number of hydrogen-bond donors (Lipinski definition) is 1. The molecule has 0 atom stereocenters. The van der Waals surface area contributed by atoms with Gasteiger partial charge in [-0.05, 0) is 19.9 Å². The smallest absolute Gasteiger partial charge is 0.193 e. The summed E-state index contributed by atoms with van der Waals surface area (Å²) in [5, 5.41) is 0.298. The Labute approximate surface area is 108 Å². The highest BCUT2D eigenvalue weighted by Gasteiger charge is 2.14. The van der Waals surface area contributed by atoms with Gasteiger partial charge in [0.15, 0.2) is 5.78 Å². The first-order chi connectivity index (χ1) is 8.11. The summed E-state index contributed by atoms with van der Waals surface area (Å²) < 4.78 is 0. The maximum Gasteiger partial charge on any atom is 0.193 e. The second-order valence-corrected chi connectivity index (χ2v) is 4.55. The summed E-state index contributed by atoms with van der Waals surface area (Å²) in [4.78, 5) is 19.1. The molecule has 1 heterocycles. The summed E-state index contributed by atoms with van der Waals surface area (Å²) in [6.07, 6.45) is 0. The van der Waals surface area contributed by atoms with Crippen molar-refractivity contribution in [3.63, 3.8) is 0 Å². The minimum atomic E-state index is -0.00217. The Hall–Kier alpha value is -1.42. The number of Topliss-reactive ketones (excluding diaryl/α,β-unsaturated/α-hetero) is 1. The van der Waals surface area contributed by atoms with Gasteiger partial charge in [-0.2, -0.15) is 0 Å². The molecule has 3 nitrogen and oxygen atoms in total. The molecule has 0 spiro atoms. The lowest BCUT2D eigenvalue weighted by Crippen LogP contribution is -2.02. The number of aromatic nitrogens is 2. The van der Waals surface area contributed by atoms with Crippen LogP contribution in [0.2, 0.25) is 0 Å². The molecule has 0 bridgehead atoms. The molecule has 0 aliphatic carbocycles. The maximum absolute atomic E-state index is 11.6. The van der Waals surface area contributed by atoms with Crippen LogP contribution in [0.15, 0.2) is 24.3 Å². The van der Waals surface area contributed by atoms with E-state index in [9.17, 15) is 4.79 Å². The molecule has 0 unspecified atom stereocenters. The first-order valence-electron chi connectivity index (χ1n) is 5.34. The largest absolute Gasteiger partial charge is 0.341 e. The second-order valence-electron chi connectivity index (χ2n) is 3.99. The molecule has 0 saturated heterocycles. The van der Waals surface area contributed by atoms with Crippen LogP contribution in [0.4, 0.5) is 0 Å². The number of carbonyl (C=O) groups excluding carboxylic acids is 1. The number of aromatic amines is 1. The normalized spacial score (nSPS) is 10.5. The lowest BCUT2D eigenvalue weighted by atomic mass is 10.1. The number of nitrogens with one attached hydrogen (secondary N) is 1. The summed E-state index contributed by atoms with van der Waals surface area (Å²) in [7, 11) is 0. The number of H-pyrrole nitrogens is 1. The third kappa shape index (κ3) is 2.47. The van der Waals surface area contributed by atoms with Crippen molar-refractivity contribution in [3.8, 4) is 11.4 Å². The molecule has 1 N–H and O–H groups in total. The van der Waals surface area contributed by atoms with Crippen LogP contribution in [0, 0.1) is 13.8 Å². The Morgan fingerprint density at radius 3 is 2.82 bits per heavy atom. The highest BCUT2D eigenvalue weighted by molar-refractivity contribution is 9.09. The van der Waals surface area contributed by atoms with Crippen molar-refractivity contribution in [3.05, 3.63) is 41.2 Å². The Morgan fingerprint density at radius 1 is 1.41 bits per heavy atom. The average Bonchev–Trinajstić information content (AvgIpc) is 2.70. The quantitative estimate of drug-likeness (QED) is 0.697. The lowest BCUT2D eigenvalue weighted by Gasteiger charge is -1.97. The zero-order chi connectivity index (χ0) is 12.4. The molecular formula is C13H13BrN2O. The fourth-order valence-electron chi connectivity index (χ4n) is 1.72. The summed E-state index contributed by atoms with van der Waals surface area (Å²) in [6, 6.07) is 8.03. The number of imidazole rings is 1. The van der Waals surface area contributed by atoms with Crippen LogP contribution in [0.1, 0.15) is 21.7 Å². The topological polar surface area (TPSA) is 45.8 Å². The van der Waals surface area contributed by atoms with E-state index in [0.717, 1.165) is 17.1 Å². The predicted molar refractivity (Wildman–Crippen MR) is 71.6 cm³/mol. The zero-order valence-electron chi connectivity index (χ0n) is 9.75. The molecule has 0 fully saturated rings. The van der Waals surface area contributed by atoms with Crippen LogP contribution in [0.25, 0.3) is 11.4 Å². The van der Waals surface area contributed by atoms with Crippen LogP contribution >= 0.6 is 15.9 Å². The van der Waals surface area contributed by atoms with E-state index in [-0.39, 0.29) is 5.78 Å². The van der Waals surface area contributed by atoms with Crippen LogP contribution in [-0.2, 0) is 0 Å². The Kier molecular flexibility index (Phi) is 3.43. The van der Waals surface area contributed by atoms with Crippen LogP contribution in [0.3, 0.4) is 0 Å². The van der Waals surface area contributed by atoms with E-state index in [1.807, 2.05) is 38.1 Å². The molecule has 2 aromatic rings. The van der Waals surface area contributed by atoms with Crippen molar-refractivity contribution in [2.24, 2.45) is 0 Å². The van der Waals surface area contributed by atoms with E-state index in [2.05, 4.69) is 25.9 Å². The molecule has 0 aliphatic rings. The fraction of sp³-hybridized carbons (Fsp3) is 0.231. The van der Waals surface area contributed by atoms with E-state index < -0.39 is 0 Å². The molecule has 0 aliphatic heterocycles. The summed E-state index contributed by atoms with van der Waals surface area (Å²) in [6.45, 7) is 3.89. The first kappa shape index (κ1) is 12.0. The Morgan fingerprint density at radius 2 is 2.18 bits per heavy atom. The number of carbonyl (C=O) groups is 1. The number of aryl methyl sites for hydroxylation is 2. The van der Waals surface area contributed by atoms with Crippen LogP contribution in [-0.4, -0.2) is 21.1 Å². The highest BCUT2D eigenvalue weighted by atomic mass is 79.9. The number of rotatable bonds is 3. The molecule has 4 heteroatoms. The molecule has 0 amide bonds. The van der Waals surface area contributed by atoms with Gasteiger partial charge in [-0.1, -0.05) is 39.7 Å². The summed E-state index contributed by atoms with van der Waals surface area (Å²) >= 11 is 3.16. The predicted octanol–water partition coefficient (Wildman–Crippen LogP) is 3.27. The van der Waals surface area contributed by atoms with Gasteiger partial charge >= 0.3 is 0 Å². The van der Waals surface area contributed by atoms with Crippen molar-refractivity contribution in [2.45, 2.75) is 13.8 Å². The van der Waals surface area contributed by atoms with Crippen LogP contribution < -0.4 is 0 Å². The van der Waals surface area contributed by atoms with Crippen molar-refractivity contribution in [1.29, 1.82) is 0 Å². The Balaban J connectivity index is 2.44. The van der Waals surface area contributed by atoms with E-state index >= 15 is 0 Å². The van der Waals surface area contributed by atoms with Gasteiger partial charge in [0.2, 0.25) is 0 Å². The molecule has 0 radical (unpaired) electrons. The third-order valence-corrected chi connectivity index (χ3v) is 3.07. The van der Waals surface area contributed by atoms with Crippen LogP contribution in [0.5, 0.6) is 0 Å². The number of hydrogen-bond acceptors (Lipinski definition) is 2. The highest BCUT2D eigenvalue weighted by Crippen LogP contribution is 2.19. The van der Waals surface area contributed by atoms with Gasteiger partial charge in [-0.15, -0.1) is 0 Å². The SMILES string of the molecule is Cc1cccc(-c2nc(C(=O)CBr)c(C)[nH]2)c1. The van der Waals surface area contributed by atoms with Gasteiger partial charge in [-0.3, -0.25) is 4.79 Å². The van der Waals surface area contributed by atoms with E-state index in [4.69, 9.17) is 0 Å². The average molecular weight is 293 g/mol. The van der Waals surface area contributed by atoms with Gasteiger partial charge in [0, 0.05) is 11.3 Å². The van der Waals surface area contributed by atoms with E-state index in [1.54, 1.807) is 0 Å². The number of ketones is 1. The van der Waals surface area contributed by atoms with Gasteiger partial charge in [0.25, 0.3) is 0 Å². The van der Waals surface area contributed by atoms with Gasteiger partial charge < -0.3 is 4.98 Å². The van der Waals surface area contributed by atoms with Gasteiger partial charge in [-0.25, -0.2) is 4.98 Å². The molecule has 2 rings (SSSR count). The Bertz CT molecular complexity index is 560. The summed E-state index contributed by atoms with van der Waals surface area (Å²) in [5.41, 5.74) is 3.50. The molecule has 1 aromatic carbocycles. The monoisotopic (exact) mass is 292 g/mol. The maximum atomic E-state index is 11.6. The lowest BCUT2D eigenvalue weighted by molar-refractivity contribution is 0.101. The van der Waals surface area contributed by atoms with Crippen molar-refractivity contribution in [2.75, 3.05) is 5.33 Å². The van der Waals surface area contributed by atoms with E-state index in [1.165, 1.54) is 5.56 Å². The van der Waals surface area contributed by atoms with Crippen molar-refractivity contribution >= 4 is 21.7 Å². The van der Waals surface area contributed by atoms with E-state index in [0.29, 0.717) is 11.0 Å². The zero-order valence-corrected chi connectivity index (χ0v) is 11.3. The standard InChI is InChI=1S/C13H13BrN2O/c1-8-4-3-5-10(6-8)13-15-9(2)12(16-13)11(17)7-14/h3-6H,7H2,1-2H3,(H,15,16). The number of nitrogens with zero attached hydrogens (tertiary/aromatic N) is 1.